The molecule has 166 valence electrons. The van der Waals surface area contributed by atoms with E-state index in [9.17, 15) is 13.6 Å². The van der Waals surface area contributed by atoms with Crippen molar-refractivity contribution in [1.82, 2.24) is 4.98 Å². The molecule has 0 spiro atoms. The molecule has 0 radical (unpaired) electrons. The fourth-order valence-corrected chi connectivity index (χ4v) is 4.43. The highest BCUT2D eigenvalue weighted by atomic mass is 19.3. The van der Waals surface area contributed by atoms with Gasteiger partial charge in [0.2, 0.25) is 0 Å². The lowest BCUT2D eigenvalue weighted by Crippen LogP contribution is -2.39. The first kappa shape index (κ1) is 20.5. The molecule has 0 amide bonds. The first-order valence-corrected chi connectivity index (χ1v) is 10.4. The fourth-order valence-electron chi connectivity index (χ4n) is 4.43. The minimum atomic E-state index is -2.61. The summed E-state index contributed by atoms with van der Waals surface area (Å²) in [4.78, 5) is 19.0. The maximum absolute atomic E-state index is 13.5. The van der Waals surface area contributed by atoms with Gasteiger partial charge in [-0.05, 0) is 41.1 Å². The van der Waals surface area contributed by atoms with Crippen LogP contribution >= 0.6 is 0 Å². The third kappa shape index (κ3) is 3.39. The molecule has 2 aromatic carbocycles. The fraction of sp³-hybridized carbons (Fsp3) is 0.333. The molecule has 1 fully saturated rings. The van der Waals surface area contributed by atoms with Crippen LogP contribution in [0.5, 0.6) is 11.5 Å². The smallest absolute Gasteiger partial charge is 0.339 e. The molecule has 5 rings (SSSR count). The van der Waals surface area contributed by atoms with Crippen molar-refractivity contribution in [2.75, 3.05) is 32.2 Å². The molecule has 2 aliphatic rings. The minimum Gasteiger partial charge on any atom is -0.493 e. The van der Waals surface area contributed by atoms with Crippen molar-refractivity contribution in [1.29, 1.82) is 0 Å². The predicted octanol–water partition coefficient (Wildman–Crippen LogP) is 4.82. The molecule has 0 unspecified atom stereocenters. The zero-order chi connectivity index (χ0) is 22.5. The topological polar surface area (TPSA) is 60.9 Å². The molecule has 1 saturated heterocycles. The molecule has 6 nitrogen and oxygen atoms in total. The largest absolute Gasteiger partial charge is 0.493 e. The molecule has 3 aromatic rings. The summed E-state index contributed by atoms with van der Waals surface area (Å²) in [5.74, 6) is -1.21. The van der Waals surface area contributed by atoms with Crippen LogP contribution in [0.3, 0.4) is 0 Å². The van der Waals surface area contributed by atoms with E-state index < -0.39 is 5.92 Å². The van der Waals surface area contributed by atoms with Gasteiger partial charge in [0.05, 0.1) is 19.8 Å². The van der Waals surface area contributed by atoms with Crippen LogP contribution in [0.4, 0.5) is 14.6 Å². The van der Waals surface area contributed by atoms with E-state index in [0.717, 1.165) is 21.9 Å². The number of ether oxygens (including phenoxy) is 3. The summed E-state index contributed by atoms with van der Waals surface area (Å²) in [7, 11) is 3.13. The van der Waals surface area contributed by atoms with Gasteiger partial charge in [0.15, 0.2) is 11.5 Å². The van der Waals surface area contributed by atoms with E-state index in [1.165, 1.54) is 0 Å². The van der Waals surface area contributed by atoms with Gasteiger partial charge < -0.3 is 19.1 Å². The number of piperidine rings is 1. The Kier molecular flexibility index (Phi) is 4.87. The van der Waals surface area contributed by atoms with Crippen molar-refractivity contribution in [3.63, 3.8) is 0 Å². The van der Waals surface area contributed by atoms with Crippen LogP contribution in [-0.4, -0.2) is 44.2 Å². The Morgan fingerprint density at radius 2 is 1.75 bits per heavy atom. The molecule has 32 heavy (non-hydrogen) atoms. The number of hydrogen-bond acceptors (Lipinski definition) is 6. The highest BCUT2D eigenvalue weighted by Crippen LogP contribution is 2.42. The molecule has 1 aromatic heterocycles. The highest BCUT2D eigenvalue weighted by molar-refractivity contribution is 6.11. The lowest BCUT2D eigenvalue weighted by molar-refractivity contribution is -0.0221. The molecular formula is C24H22F2N2O4. The van der Waals surface area contributed by atoms with Gasteiger partial charge in [0, 0.05) is 48.8 Å². The summed E-state index contributed by atoms with van der Waals surface area (Å²) < 4.78 is 43.2. The SMILES string of the molecule is COc1cc2cc3c(c(-c4ccc(N5CCC(F)(F)CC5)nc4)c2cc1OC)C(=O)OC3. The molecule has 0 N–H and O–H groups in total. The summed E-state index contributed by atoms with van der Waals surface area (Å²) in [6.07, 6.45) is 1.32. The Balaban J connectivity index is 1.61. The number of alkyl halides is 2. The Morgan fingerprint density at radius 1 is 1.03 bits per heavy atom. The number of aromatic nitrogens is 1. The molecule has 0 bridgehead atoms. The summed E-state index contributed by atoms with van der Waals surface area (Å²) in [5.41, 5.74) is 2.76. The van der Waals surface area contributed by atoms with E-state index in [1.807, 2.05) is 35.2 Å². The third-order valence-corrected chi connectivity index (χ3v) is 6.14. The van der Waals surface area contributed by atoms with Crippen LogP contribution in [0, 0.1) is 0 Å². The standard InChI is InChI=1S/C24H22F2N2O4/c1-30-18-10-15-9-16-13-32-23(29)22(16)21(17(15)11-19(18)31-2)14-3-4-20(27-12-14)28-7-5-24(25,26)6-8-28/h3-4,9-12H,5-8,13H2,1-2H3. The van der Waals surface area contributed by atoms with Crippen molar-refractivity contribution in [3.8, 4) is 22.6 Å². The second kappa shape index (κ2) is 7.62. The second-order valence-corrected chi connectivity index (χ2v) is 8.04. The van der Waals surface area contributed by atoms with Gasteiger partial charge in [0.25, 0.3) is 5.92 Å². The molecular weight excluding hydrogens is 418 g/mol. The van der Waals surface area contributed by atoms with Crippen molar-refractivity contribution in [2.24, 2.45) is 0 Å². The van der Waals surface area contributed by atoms with Crippen molar-refractivity contribution in [3.05, 3.63) is 47.7 Å². The Morgan fingerprint density at radius 3 is 2.41 bits per heavy atom. The number of hydrogen-bond donors (Lipinski definition) is 0. The maximum atomic E-state index is 13.5. The van der Waals surface area contributed by atoms with Crippen LogP contribution in [0.15, 0.2) is 36.5 Å². The number of benzene rings is 2. The van der Waals surface area contributed by atoms with Gasteiger partial charge in [-0.2, -0.15) is 0 Å². The van der Waals surface area contributed by atoms with Crippen LogP contribution in [0.2, 0.25) is 0 Å². The number of carbonyl (C=O) groups is 1. The monoisotopic (exact) mass is 440 g/mol. The summed E-state index contributed by atoms with van der Waals surface area (Å²) >= 11 is 0. The van der Waals surface area contributed by atoms with Crippen LogP contribution in [-0.2, 0) is 11.3 Å². The van der Waals surface area contributed by atoms with Crippen LogP contribution < -0.4 is 14.4 Å². The van der Waals surface area contributed by atoms with E-state index in [0.29, 0.717) is 28.4 Å². The number of cyclic esters (lactones) is 1. The first-order chi connectivity index (χ1) is 15.4. The number of halogens is 2. The second-order valence-electron chi connectivity index (χ2n) is 8.04. The summed E-state index contributed by atoms with van der Waals surface area (Å²) in [6.45, 7) is 0.720. The average Bonchev–Trinajstić information content (AvgIpc) is 3.17. The number of nitrogens with zero attached hydrogens (tertiary/aromatic N) is 2. The number of esters is 1. The Hall–Kier alpha value is -3.42. The van der Waals surface area contributed by atoms with Crippen LogP contribution in [0.25, 0.3) is 21.9 Å². The van der Waals surface area contributed by atoms with E-state index in [1.54, 1.807) is 20.4 Å². The number of anilines is 1. The van der Waals surface area contributed by atoms with Gasteiger partial charge >= 0.3 is 5.97 Å². The molecule has 0 saturated carbocycles. The highest BCUT2D eigenvalue weighted by Gasteiger charge is 2.34. The molecule has 8 heteroatoms. The summed E-state index contributed by atoms with van der Waals surface area (Å²) in [6, 6.07) is 9.32. The quantitative estimate of drug-likeness (QED) is 0.542. The van der Waals surface area contributed by atoms with Gasteiger partial charge in [-0.25, -0.2) is 18.6 Å². The Labute approximate surface area is 183 Å². The van der Waals surface area contributed by atoms with Crippen molar-refractivity contribution >= 4 is 22.6 Å². The number of methoxy groups -OCH3 is 2. The molecule has 2 aliphatic heterocycles. The van der Waals surface area contributed by atoms with Gasteiger partial charge in [-0.3, -0.25) is 0 Å². The van der Waals surface area contributed by atoms with Crippen molar-refractivity contribution < 1.29 is 27.8 Å². The van der Waals surface area contributed by atoms with Crippen LogP contribution in [0.1, 0.15) is 28.8 Å². The maximum Gasteiger partial charge on any atom is 0.339 e. The predicted molar refractivity (Wildman–Crippen MR) is 116 cm³/mol. The normalized spacial score (nSPS) is 17.2. The number of rotatable bonds is 4. The Bertz CT molecular complexity index is 1200. The van der Waals surface area contributed by atoms with E-state index in [2.05, 4.69) is 4.98 Å². The number of carbonyl (C=O) groups excluding carboxylic acids is 1. The zero-order valence-corrected chi connectivity index (χ0v) is 17.8. The van der Waals surface area contributed by atoms with Gasteiger partial charge in [0.1, 0.15) is 12.4 Å². The number of fused-ring (bicyclic) bond motifs is 2. The first-order valence-electron chi connectivity index (χ1n) is 10.4. The van der Waals surface area contributed by atoms with E-state index in [4.69, 9.17) is 14.2 Å². The third-order valence-electron chi connectivity index (χ3n) is 6.14. The lowest BCUT2D eigenvalue weighted by Gasteiger charge is -2.32. The molecule has 0 atom stereocenters. The molecule has 0 aliphatic carbocycles. The zero-order valence-electron chi connectivity index (χ0n) is 17.8. The average molecular weight is 440 g/mol. The van der Waals surface area contributed by atoms with Gasteiger partial charge in [-0.15, -0.1) is 0 Å². The number of pyridine rings is 1. The molecule has 3 heterocycles. The van der Waals surface area contributed by atoms with Gasteiger partial charge in [-0.1, -0.05) is 0 Å². The van der Waals surface area contributed by atoms with E-state index >= 15 is 0 Å². The van der Waals surface area contributed by atoms with E-state index in [-0.39, 0.29) is 38.5 Å². The van der Waals surface area contributed by atoms with Crippen molar-refractivity contribution in [2.45, 2.75) is 25.4 Å². The lowest BCUT2D eigenvalue weighted by atomic mass is 9.91. The summed E-state index contributed by atoms with van der Waals surface area (Å²) in [5, 5.41) is 1.70. The minimum absolute atomic E-state index is 0.180.